The number of hydrogen-bond donors (Lipinski definition) is 3. The molecule has 4 atom stereocenters. The number of hydrogen-bond acceptors (Lipinski definition) is 3. The summed E-state index contributed by atoms with van der Waals surface area (Å²) in [6.45, 7) is 4.01. The molecular formula is C8H17NO3. The summed E-state index contributed by atoms with van der Waals surface area (Å²) in [4.78, 5) is 0. The average molecular weight is 175 g/mol. The first kappa shape index (κ1) is 9.92. The molecule has 1 aliphatic rings. The van der Waals surface area contributed by atoms with E-state index in [9.17, 15) is 10.3 Å². The maximum atomic E-state index is 11.2. The Morgan fingerprint density at radius 2 is 2.33 bits per heavy atom. The summed E-state index contributed by atoms with van der Waals surface area (Å²) in [6.07, 6.45) is 0.0285. The molecule has 4 nitrogen and oxygen atoms in total. The van der Waals surface area contributed by atoms with E-state index in [1.54, 1.807) is 6.92 Å². The van der Waals surface area contributed by atoms with Crippen molar-refractivity contribution in [1.29, 1.82) is 0 Å². The second-order valence-corrected chi connectivity index (χ2v) is 3.87. The van der Waals surface area contributed by atoms with E-state index in [0.717, 1.165) is 0 Å². The summed E-state index contributed by atoms with van der Waals surface area (Å²) in [5.74, 6) is 0.0390. The first-order chi connectivity index (χ1) is 5.52. The Hall–Kier alpha value is -0.160. The van der Waals surface area contributed by atoms with Gasteiger partial charge in [0.1, 0.15) is 5.54 Å². The predicted molar refractivity (Wildman–Crippen MR) is 44.5 cm³/mol. The van der Waals surface area contributed by atoms with Gasteiger partial charge in [0.05, 0.1) is 18.6 Å². The van der Waals surface area contributed by atoms with Gasteiger partial charge in [-0.1, -0.05) is 0 Å². The molecule has 72 valence electrons. The van der Waals surface area contributed by atoms with E-state index >= 15 is 0 Å². The Kier molecular flexibility index (Phi) is 2.73. The summed E-state index contributed by atoms with van der Waals surface area (Å²) in [6, 6.07) is 0. The van der Waals surface area contributed by atoms with Crippen LogP contribution < -0.4 is 5.06 Å². The molecule has 1 aliphatic heterocycles. The molecule has 0 radical (unpaired) electrons. The molecule has 0 bridgehead atoms. The highest BCUT2D eigenvalue weighted by atomic mass is 16.5. The molecule has 3 N–H and O–H groups in total. The predicted octanol–water partition coefficient (Wildman–Crippen LogP) is -1.48. The van der Waals surface area contributed by atoms with Gasteiger partial charge in [-0.05, 0) is 13.8 Å². The first-order valence-corrected chi connectivity index (χ1v) is 4.34. The van der Waals surface area contributed by atoms with E-state index in [-0.39, 0.29) is 17.6 Å². The van der Waals surface area contributed by atoms with Crippen LogP contribution in [0.1, 0.15) is 20.3 Å². The standard InChI is InChI=1S/C8H17NO3/c1-6(11)7-5-9(12)8(7,2)3-4-10/h6-7,9-11H,3-5H2,1-2H3. The minimum absolute atomic E-state index is 0.0193. The number of hydroxylamine groups is 2. The quantitative estimate of drug-likeness (QED) is 0.458. The fraction of sp³-hybridized carbons (Fsp3) is 1.00. The smallest absolute Gasteiger partial charge is 0.108 e. The number of aliphatic hydroxyl groups excluding tert-OH is 2. The largest absolute Gasteiger partial charge is 0.634 e. The van der Waals surface area contributed by atoms with Gasteiger partial charge < -0.3 is 20.5 Å². The van der Waals surface area contributed by atoms with E-state index in [2.05, 4.69) is 0 Å². The summed E-state index contributed by atoms with van der Waals surface area (Å²) in [7, 11) is 0. The van der Waals surface area contributed by atoms with E-state index in [4.69, 9.17) is 5.11 Å². The van der Waals surface area contributed by atoms with Crippen molar-refractivity contribution in [2.45, 2.75) is 31.9 Å². The van der Waals surface area contributed by atoms with Crippen LogP contribution in [0.4, 0.5) is 0 Å². The molecule has 0 aliphatic carbocycles. The Balaban J connectivity index is 2.58. The van der Waals surface area contributed by atoms with Gasteiger partial charge in [0.25, 0.3) is 0 Å². The Bertz CT molecular complexity index is 162. The average Bonchev–Trinajstić information content (AvgIpc) is 2.00. The van der Waals surface area contributed by atoms with Gasteiger partial charge in [0.2, 0.25) is 0 Å². The molecule has 4 unspecified atom stereocenters. The molecule has 12 heavy (non-hydrogen) atoms. The van der Waals surface area contributed by atoms with Crippen LogP contribution in [0, 0.1) is 11.1 Å². The molecule has 0 aromatic rings. The topological polar surface area (TPSA) is 68.0 Å². The molecule has 0 spiro atoms. The fourth-order valence-electron chi connectivity index (χ4n) is 1.99. The van der Waals surface area contributed by atoms with Crippen molar-refractivity contribution >= 4 is 0 Å². The molecule has 1 heterocycles. The monoisotopic (exact) mass is 175 g/mol. The fourth-order valence-corrected chi connectivity index (χ4v) is 1.99. The van der Waals surface area contributed by atoms with Gasteiger partial charge in [-0.15, -0.1) is 0 Å². The second-order valence-electron chi connectivity index (χ2n) is 3.87. The van der Waals surface area contributed by atoms with Gasteiger partial charge in [-0.25, -0.2) is 0 Å². The second kappa shape index (κ2) is 3.30. The van der Waals surface area contributed by atoms with Crippen molar-refractivity contribution in [2.75, 3.05) is 13.2 Å². The number of rotatable bonds is 3. The van der Waals surface area contributed by atoms with Gasteiger partial charge >= 0.3 is 0 Å². The summed E-state index contributed by atoms with van der Waals surface area (Å²) in [5.41, 5.74) is -0.469. The number of aliphatic hydroxyl groups is 2. The molecule has 0 aromatic heterocycles. The van der Waals surface area contributed by atoms with Crippen LogP contribution in [-0.4, -0.2) is 35.0 Å². The van der Waals surface area contributed by atoms with Crippen LogP contribution in [-0.2, 0) is 0 Å². The van der Waals surface area contributed by atoms with E-state index in [1.165, 1.54) is 0 Å². The number of nitrogens with one attached hydrogen (secondary N) is 1. The van der Waals surface area contributed by atoms with Crippen molar-refractivity contribution in [3.8, 4) is 0 Å². The minimum Gasteiger partial charge on any atom is -0.634 e. The van der Waals surface area contributed by atoms with Crippen molar-refractivity contribution in [3.05, 3.63) is 5.21 Å². The number of quaternary nitrogens is 1. The molecule has 1 fully saturated rings. The lowest BCUT2D eigenvalue weighted by Gasteiger charge is -2.56. The van der Waals surface area contributed by atoms with E-state index < -0.39 is 11.6 Å². The molecule has 0 amide bonds. The maximum Gasteiger partial charge on any atom is 0.108 e. The normalized spacial score (nSPS) is 43.8. The van der Waals surface area contributed by atoms with Gasteiger partial charge in [-0.3, -0.25) is 0 Å². The molecule has 1 saturated heterocycles. The van der Waals surface area contributed by atoms with Crippen molar-refractivity contribution in [3.63, 3.8) is 0 Å². The van der Waals surface area contributed by atoms with Crippen LogP contribution in [0.25, 0.3) is 0 Å². The SMILES string of the molecule is CC(O)C1C[NH+]([O-])C1(C)CCO. The molecule has 0 aromatic carbocycles. The zero-order valence-corrected chi connectivity index (χ0v) is 7.58. The van der Waals surface area contributed by atoms with Crippen LogP contribution in [0.5, 0.6) is 0 Å². The lowest BCUT2D eigenvalue weighted by molar-refractivity contribution is -0.965. The zero-order chi connectivity index (χ0) is 9.35. The lowest BCUT2D eigenvalue weighted by Crippen LogP contribution is -3.25. The van der Waals surface area contributed by atoms with Gasteiger partial charge in [0.15, 0.2) is 0 Å². The highest BCUT2D eigenvalue weighted by Crippen LogP contribution is 2.26. The van der Waals surface area contributed by atoms with Crippen LogP contribution in [0.15, 0.2) is 0 Å². The van der Waals surface area contributed by atoms with Crippen LogP contribution >= 0.6 is 0 Å². The minimum atomic E-state index is -0.469. The van der Waals surface area contributed by atoms with Crippen LogP contribution in [0.3, 0.4) is 0 Å². The lowest BCUT2D eigenvalue weighted by atomic mass is 9.72. The molecule has 4 heteroatoms. The summed E-state index contributed by atoms with van der Waals surface area (Å²) in [5, 5.41) is 29.5. The highest BCUT2D eigenvalue weighted by molar-refractivity contribution is 4.92. The third-order valence-electron chi connectivity index (χ3n) is 3.07. The Morgan fingerprint density at radius 1 is 1.75 bits per heavy atom. The highest BCUT2D eigenvalue weighted by Gasteiger charge is 2.52. The summed E-state index contributed by atoms with van der Waals surface area (Å²) < 4.78 is 0. The molecule has 1 rings (SSSR count). The first-order valence-electron chi connectivity index (χ1n) is 4.34. The van der Waals surface area contributed by atoms with E-state index in [1.807, 2.05) is 6.92 Å². The molecular weight excluding hydrogens is 158 g/mol. The molecule has 0 saturated carbocycles. The third kappa shape index (κ3) is 1.35. The van der Waals surface area contributed by atoms with Crippen molar-refractivity contribution in [2.24, 2.45) is 5.92 Å². The summed E-state index contributed by atoms with van der Waals surface area (Å²) >= 11 is 0. The Labute approximate surface area is 72.4 Å². The van der Waals surface area contributed by atoms with E-state index in [0.29, 0.717) is 13.0 Å². The third-order valence-corrected chi connectivity index (χ3v) is 3.07. The van der Waals surface area contributed by atoms with Crippen LogP contribution in [0.2, 0.25) is 0 Å². The van der Waals surface area contributed by atoms with Gasteiger partial charge in [-0.2, -0.15) is 0 Å². The maximum absolute atomic E-state index is 11.2. The van der Waals surface area contributed by atoms with Crippen molar-refractivity contribution in [1.82, 2.24) is 0 Å². The zero-order valence-electron chi connectivity index (χ0n) is 7.58. The Morgan fingerprint density at radius 3 is 2.67 bits per heavy atom. The van der Waals surface area contributed by atoms with Crippen molar-refractivity contribution < 1.29 is 15.3 Å². The van der Waals surface area contributed by atoms with Gasteiger partial charge in [0, 0.05) is 13.0 Å².